The van der Waals surface area contributed by atoms with Crippen LogP contribution in [-0.4, -0.2) is 4.57 Å². The van der Waals surface area contributed by atoms with Crippen LogP contribution in [0.3, 0.4) is 0 Å². The Bertz CT molecular complexity index is 2470. The zero-order chi connectivity index (χ0) is 36.7. The molecule has 0 amide bonds. The molecule has 2 heteroatoms. The second kappa shape index (κ2) is 15.9. The highest BCUT2D eigenvalue weighted by atomic mass is 15.1. The fourth-order valence-electron chi connectivity index (χ4n) is 7.05. The van der Waals surface area contributed by atoms with Crippen LogP contribution in [0.1, 0.15) is 26.3 Å². The monoisotopic (exact) mass is 686 g/mol. The van der Waals surface area contributed by atoms with Gasteiger partial charge in [-0.25, -0.2) is 0 Å². The van der Waals surface area contributed by atoms with Gasteiger partial charge in [-0.3, -0.25) is 0 Å². The molecule has 260 valence electrons. The van der Waals surface area contributed by atoms with E-state index in [1.165, 1.54) is 60.9 Å². The lowest BCUT2D eigenvalue weighted by Gasteiger charge is -2.27. The number of hydrogen-bond acceptors (Lipinski definition) is 1. The molecule has 7 aromatic rings. The van der Waals surface area contributed by atoms with Crippen LogP contribution in [-0.2, 0) is 0 Å². The van der Waals surface area contributed by atoms with Crippen molar-refractivity contribution in [1.29, 1.82) is 0 Å². The average molecular weight is 687 g/mol. The molecule has 0 spiro atoms. The van der Waals surface area contributed by atoms with Crippen molar-refractivity contribution in [1.82, 2.24) is 4.57 Å². The van der Waals surface area contributed by atoms with E-state index in [1.54, 1.807) is 0 Å². The number of anilines is 2. The summed E-state index contributed by atoms with van der Waals surface area (Å²) in [5.41, 5.74) is 14.1. The van der Waals surface area contributed by atoms with E-state index in [4.69, 9.17) is 0 Å². The maximum Gasteiger partial charge on any atom is 0.0544 e. The summed E-state index contributed by atoms with van der Waals surface area (Å²) in [6, 6.07) is 52.4. The normalized spacial score (nSPS) is 13.0. The van der Waals surface area contributed by atoms with Gasteiger partial charge in [0.15, 0.2) is 0 Å². The largest absolute Gasteiger partial charge is 0.311 e. The Kier molecular flexibility index (Phi) is 10.5. The van der Waals surface area contributed by atoms with Crippen molar-refractivity contribution in [3.63, 3.8) is 0 Å². The van der Waals surface area contributed by atoms with Crippen molar-refractivity contribution in [2.24, 2.45) is 5.92 Å². The number of aromatic nitrogens is 1. The molecule has 0 N–H and O–H groups in total. The summed E-state index contributed by atoms with van der Waals surface area (Å²) in [6.07, 6.45) is 14.8. The summed E-state index contributed by atoms with van der Waals surface area (Å²) in [7, 11) is 0. The quantitative estimate of drug-likeness (QED) is 0.123. The first-order valence-corrected chi connectivity index (χ1v) is 18.4. The van der Waals surface area contributed by atoms with Gasteiger partial charge in [0.05, 0.1) is 11.0 Å². The summed E-state index contributed by atoms with van der Waals surface area (Å²) in [5, 5.41) is 2.51. The SMILES string of the molecule is C=C/C(=C\C=C(/C)C(C)/C=C\C=C/C)N(c1ccc(-c2ccccc2)cc1)c1ccc(-c2cc3c4ccccc4n(-c4ccccc4)c3cc2C)cc1. The van der Waals surface area contributed by atoms with Crippen LogP contribution in [0, 0.1) is 12.8 Å². The molecule has 0 bridgehead atoms. The van der Waals surface area contributed by atoms with Crippen LogP contribution in [0.4, 0.5) is 11.4 Å². The molecule has 0 aliphatic carbocycles. The highest BCUT2D eigenvalue weighted by Crippen LogP contribution is 2.38. The first kappa shape index (κ1) is 35.0. The molecule has 2 nitrogen and oxygen atoms in total. The zero-order valence-electron chi connectivity index (χ0n) is 31.1. The highest BCUT2D eigenvalue weighted by molar-refractivity contribution is 6.11. The van der Waals surface area contributed by atoms with Crippen LogP contribution < -0.4 is 4.90 Å². The summed E-state index contributed by atoms with van der Waals surface area (Å²) < 4.78 is 2.38. The molecule has 0 saturated heterocycles. The van der Waals surface area contributed by atoms with E-state index in [1.807, 2.05) is 19.1 Å². The predicted molar refractivity (Wildman–Crippen MR) is 230 cm³/mol. The van der Waals surface area contributed by atoms with Crippen molar-refractivity contribution in [3.05, 3.63) is 212 Å². The Morgan fingerprint density at radius 1 is 0.642 bits per heavy atom. The molecule has 6 aromatic carbocycles. The second-order valence-corrected chi connectivity index (χ2v) is 13.6. The van der Waals surface area contributed by atoms with Gasteiger partial charge >= 0.3 is 0 Å². The van der Waals surface area contributed by atoms with Gasteiger partial charge in [0, 0.05) is 33.5 Å². The minimum atomic E-state index is 0.314. The lowest BCUT2D eigenvalue weighted by atomic mass is 9.97. The third-order valence-electron chi connectivity index (χ3n) is 10.1. The molecule has 0 aliphatic heterocycles. The Labute approximate surface area is 314 Å². The number of nitrogens with zero attached hydrogens (tertiary/aromatic N) is 2. The molecule has 0 saturated carbocycles. The number of rotatable bonds is 11. The second-order valence-electron chi connectivity index (χ2n) is 13.6. The number of para-hydroxylation sites is 2. The number of benzene rings is 6. The highest BCUT2D eigenvalue weighted by Gasteiger charge is 2.17. The van der Waals surface area contributed by atoms with Crippen LogP contribution in [0.15, 0.2) is 206 Å². The molecule has 0 radical (unpaired) electrons. The van der Waals surface area contributed by atoms with Crippen LogP contribution in [0.5, 0.6) is 0 Å². The van der Waals surface area contributed by atoms with E-state index in [0.717, 1.165) is 17.1 Å². The Balaban J connectivity index is 1.29. The number of aryl methyl sites for hydroxylation is 1. The molecule has 1 heterocycles. The summed E-state index contributed by atoms with van der Waals surface area (Å²) in [4.78, 5) is 2.29. The topological polar surface area (TPSA) is 8.17 Å². The van der Waals surface area contributed by atoms with Crippen LogP contribution >= 0.6 is 0 Å². The molecule has 0 aliphatic rings. The van der Waals surface area contributed by atoms with Crippen molar-refractivity contribution < 1.29 is 0 Å². The lowest BCUT2D eigenvalue weighted by molar-refractivity contribution is 0.862. The number of allylic oxidation sites excluding steroid dienone is 8. The van der Waals surface area contributed by atoms with Crippen LogP contribution in [0.25, 0.3) is 49.7 Å². The molecule has 53 heavy (non-hydrogen) atoms. The van der Waals surface area contributed by atoms with E-state index in [0.29, 0.717) is 5.92 Å². The average Bonchev–Trinajstić information content (AvgIpc) is 3.53. The van der Waals surface area contributed by atoms with E-state index in [9.17, 15) is 0 Å². The Hall–Kier alpha value is -6.38. The van der Waals surface area contributed by atoms with Crippen molar-refractivity contribution in [2.45, 2.75) is 27.7 Å². The van der Waals surface area contributed by atoms with E-state index in [2.05, 4.69) is 213 Å². The van der Waals surface area contributed by atoms with Gasteiger partial charge < -0.3 is 9.47 Å². The lowest BCUT2D eigenvalue weighted by Crippen LogP contribution is -2.15. The van der Waals surface area contributed by atoms with Gasteiger partial charge in [-0.05, 0) is 121 Å². The molecule has 1 aromatic heterocycles. The van der Waals surface area contributed by atoms with E-state index < -0.39 is 0 Å². The van der Waals surface area contributed by atoms with Crippen molar-refractivity contribution >= 4 is 33.2 Å². The van der Waals surface area contributed by atoms with E-state index >= 15 is 0 Å². The van der Waals surface area contributed by atoms with Crippen molar-refractivity contribution in [3.8, 4) is 27.9 Å². The summed E-state index contributed by atoms with van der Waals surface area (Å²) in [6.45, 7) is 12.9. The predicted octanol–water partition coefficient (Wildman–Crippen LogP) is 14.3. The minimum Gasteiger partial charge on any atom is -0.311 e. The first-order valence-electron chi connectivity index (χ1n) is 18.4. The number of hydrogen-bond donors (Lipinski definition) is 0. The third-order valence-corrected chi connectivity index (χ3v) is 10.1. The molecular formula is C51H46N2. The first-order chi connectivity index (χ1) is 26.0. The standard InChI is InChI=1S/C51H46N2/c1-6-8-11-18-37(3)38(4)25-30-43(7-2)52(45-31-26-41(27-32-45)40-19-12-9-13-20-40)46-33-28-42(29-34-46)48-36-49-47-23-16-17-24-50(47)53(51(49)35-39(48)5)44-21-14-10-15-22-44/h6-37H,2H2,1,3-5H3/b8-6-,18-11-,38-25+,43-30+. The van der Waals surface area contributed by atoms with Gasteiger partial charge in [0.1, 0.15) is 0 Å². The maximum atomic E-state index is 4.27. The Morgan fingerprint density at radius 2 is 1.25 bits per heavy atom. The summed E-state index contributed by atoms with van der Waals surface area (Å²) in [5.74, 6) is 0.314. The Morgan fingerprint density at radius 3 is 1.91 bits per heavy atom. The zero-order valence-corrected chi connectivity index (χ0v) is 31.1. The van der Waals surface area contributed by atoms with Gasteiger partial charge in [-0.15, -0.1) is 0 Å². The van der Waals surface area contributed by atoms with Crippen LogP contribution in [0.2, 0.25) is 0 Å². The van der Waals surface area contributed by atoms with Gasteiger partial charge in [-0.1, -0.05) is 140 Å². The fourth-order valence-corrected chi connectivity index (χ4v) is 7.05. The third kappa shape index (κ3) is 7.36. The number of fused-ring (bicyclic) bond motifs is 3. The fraction of sp³-hybridized carbons (Fsp3) is 0.0980. The smallest absolute Gasteiger partial charge is 0.0544 e. The summed E-state index contributed by atoms with van der Waals surface area (Å²) >= 11 is 0. The minimum absolute atomic E-state index is 0.314. The van der Waals surface area contributed by atoms with E-state index in [-0.39, 0.29) is 0 Å². The molecule has 7 rings (SSSR count). The molecule has 0 fully saturated rings. The molecule has 1 atom stereocenters. The molecular weight excluding hydrogens is 641 g/mol. The molecule has 1 unspecified atom stereocenters. The van der Waals surface area contributed by atoms with Gasteiger partial charge in [0.2, 0.25) is 0 Å². The van der Waals surface area contributed by atoms with Gasteiger partial charge in [0.25, 0.3) is 0 Å². The van der Waals surface area contributed by atoms with Crippen molar-refractivity contribution in [2.75, 3.05) is 4.90 Å². The maximum absolute atomic E-state index is 4.27. The van der Waals surface area contributed by atoms with Gasteiger partial charge in [-0.2, -0.15) is 0 Å².